The third-order valence-electron chi connectivity index (χ3n) is 4.34. The predicted molar refractivity (Wildman–Crippen MR) is 82.4 cm³/mol. The lowest BCUT2D eigenvalue weighted by Crippen LogP contribution is -2.35. The van der Waals surface area contributed by atoms with Gasteiger partial charge in [-0.25, -0.2) is 13.6 Å². The molecule has 2 rings (SSSR count). The molecule has 1 saturated carbocycles. The third-order valence-corrected chi connectivity index (χ3v) is 5.40. The maximum Gasteiger partial charge on any atom is 0.238 e. The Bertz CT molecular complexity index is 647. The van der Waals surface area contributed by atoms with Crippen molar-refractivity contribution in [2.75, 3.05) is 5.32 Å². The van der Waals surface area contributed by atoms with Gasteiger partial charge in [0.05, 0.1) is 4.90 Å². The topological polar surface area (TPSA) is 89.3 Å². The van der Waals surface area contributed by atoms with E-state index in [9.17, 15) is 13.2 Å². The van der Waals surface area contributed by atoms with E-state index in [-0.39, 0.29) is 16.2 Å². The summed E-state index contributed by atoms with van der Waals surface area (Å²) < 4.78 is 23.0. The van der Waals surface area contributed by atoms with Gasteiger partial charge in [-0.1, -0.05) is 32.3 Å². The number of amides is 1. The van der Waals surface area contributed by atoms with Gasteiger partial charge in [0, 0.05) is 11.1 Å². The summed E-state index contributed by atoms with van der Waals surface area (Å²) in [6, 6.07) is 4.74. The Labute approximate surface area is 126 Å². The van der Waals surface area contributed by atoms with Gasteiger partial charge < -0.3 is 5.32 Å². The molecule has 0 aliphatic heterocycles. The molecule has 3 N–H and O–H groups in total. The van der Waals surface area contributed by atoms with Crippen LogP contribution < -0.4 is 10.5 Å². The molecule has 1 amide bonds. The summed E-state index contributed by atoms with van der Waals surface area (Å²) in [6.45, 7) is 3.62. The fourth-order valence-electron chi connectivity index (χ4n) is 2.89. The number of nitrogens with one attached hydrogen (secondary N) is 1. The zero-order valence-corrected chi connectivity index (χ0v) is 13.3. The average molecular weight is 310 g/mol. The first kappa shape index (κ1) is 16.0. The molecule has 21 heavy (non-hydrogen) atoms. The molecule has 1 aromatic carbocycles. The number of sulfonamides is 1. The Morgan fingerprint density at radius 2 is 1.86 bits per heavy atom. The second kappa shape index (κ2) is 5.77. The van der Waals surface area contributed by atoms with E-state index in [1.165, 1.54) is 12.5 Å². The maximum absolute atomic E-state index is 12.5. The monoisotopic (exact) mass is 310 g/mol. The lowest BCUT2D eigenvalue weighted by molar-refractivity contribution is -0.126. The lowest BCUT2D eigenvalue weighted by Gasteiger charge is -2.32. The number of carbonyl (C=O) groups is 1. The quantitative estimate of drug-likeness (QED) is 0.899. The molecule has 1 aromatic rings. The van der Waals surface area contributed by atoms with Gasteiger partial charge >= 0.3 is 0 Å². The van der Waals surface area contributed by atoms with Gasteiger partial charge in [-0.15, -0.1) is 0 Å². The number of hydrogen-bond acceptors (Lipinski definition) is 3. The molecule has 1 aliphatic carbocycles. The number of primary sulfonamides is 1. The summed E-state index contributed by atoms with van der Waals surface area (Å²) in [5.74, 6) is -0.0446. The standard InChI is InChI=1S/C15H22N2O3S/c1-11-12(7-6-8-13(11)21(16,19)20)17-14(18)15(2)9-4-3-5-10-15/h6-8H,3-5,9-10H2,1-2H3,(H,17,18)(H2,16,19,20). The lowest BCUT2D eigenvalue weighted by atomic mass is 9.75. The highest BCUT2D eigenvalue weighted by Gasteiger charge is 2.34. The molecule has 1 fully saturated rings. The fourth-order valence-corrected chi connectivity index (χ4v) is 3.70. The fraction of sp³-hybridized carbons (Fsp3) is 0.533. The summed E-state index contributed by atoms with van der Waals surface area (Å²) >= 11 is 0. The highest BCUT2D eigenvalue weighted by atomic mass is 32.2. The third kappa shape index (κ3) is 3.44. The van der Waals surface area contributed by atoms with Crippen molar-refractivity contribution in [3.05, 3.63) is 23.8 Å². The summed E-state index contributed by atoms with van der Waals surface area (Å²) in [4.78, 5) is 12.6. The molecule has 1 aliphatic rings. The first-order chi connectivity index (χ1) is 9.74. The molecule has 0 atom stereocenters. The van der Waals surface area contributed by atoms with Crippen LogP contribution in [0.4, 0.5) is 5.69 Å². The van der Waals surface area contributed by atoms with E-state index in [4.69, 9.17) is 5.14 Å². The van der Waals surface area contributed by atoms with Crippen molar-refractivity contribution in [3.63, 3.8) is 0 Å². The van der Waals surface area contributed by atoms with Crippen LogP contribution in [0.5, 0.6) is 0 Å². The number of benzene rings is 1. The number of nitrogens with two attached hydrogens (primary N) is 1. The zero-order valence-electron chi connectivity index (χ0n) is 12.5. The van der Waals surface area contributed by atoms with Crippen molar-refractivity contribution in [2.45, 2.75) is 50.8 Å². The van der Waals surface area contributed by atoms with Crippen LogP contribution in [-0.4, -0.2) is 14.3 Å². The summed E-state index contributed by atoms with van der Waals surface area (Å²) in [7, 11) is -3.78. The Morgan fingerprint density at radius 3 is 2.43 bits per heavy atom. The molecule has 6 heteroatoms. The number of anilines is 1. The second-order valence-corrected chi connectivity index (χ2v) is 7.58. The Morgan fingerprint density at radius 1 is 1.24 bits per heavy atom. The van der Waals surface area contributed by atoms with Gasteiger partial charge in [0.2, 0.25) is 15.9 Å². The average Bonchev–Trinajstić information content (AvgIpc) is 2.40. The molecule has 116 valence electrons. The Hall–Kier alpha value is -1.40. The minimum absolute atomic E-state index is 0.0446. The molecule has 0 bridgehead atoms. The highest BCUT2D eigenvalue weighted by molar-refractivity contribution is 7.89. The molecule has 0 saturated heterocycles. The van der Waals surface area contributed by atoms with Crippen LogP contribution in [0.2, 0.25) is 0 Å². The second-order valence-electron chi connectivity index (χ2n) is 6.05. The Balaban J connectivity index is 2.26. The molecular weight excluding hydrogens is 288 g/mol. The van der Waals surface area contributed by atoms with Crippen LogP contribution in [0.25, 0.3) is 0 Å². The number of rotatable bonds is 3. The maximum atomic E-state index is 12.5. The van der Waals surface area contributed by atoms with Crippen molar-refractivity contribution in [1.29, 1.82) is 0 Å². The van der Waals surface area contributed by atoms with E-state index < -0.39 is 10.0 Å². The number of hydrogen-bond donors (Lipinski definition) is 2. The predicted octanol–water partition coefficient (Wildman–Crippen LogP) is 2.55. The van der Waals surface area contributed by atoms with Gasteiger partial charge in [0.1, 0.15) is 0 Å². The molecule has 0 unspecified atom stereocenters. The van der Waals surface area contributed by atoms with E-state index in [0.29, 0.717) is 11.3 Å². The first-order valence-corrected chi connectivity index (χ1v) is 8.72. The summed E-state index contributed by atoms with van der Waals surface area (Å²) in [5.41, 5.74) is 0.619. The van der Waals surface area contributed by atoms with E-state index in [1.807, 2.05) is 6.92 Å². The molecule has 0 heterocycles. The van der Waals surface area contributed by atoms with Crippen LogP contribution in [0.1, 0.15) is 44.6 Å². The van der Waals surface area contributed by atoms with Gasteiger partial charge in [0.15, 0.2) is 0 Å². The van der Waals surface area contributed by atoms with Gasteiger partial charge in [0.25, 0.3) is 0 Å². The SMILES string of the molecule is Cc1c(NC(=O)C2(C)CCCCC2)cccc1S(N)(=O)=O. The van der Waals surface area contributed by atoms with Crippen molar-refractivity contribution < 1.29 is 13.2 Å². The molecule has 5 nitrogen and oxygen atoms in total. The summed E-state index contributed by atoms with van der Waals surface area (Å²) in [5, 5.41) is 8.06. The van der Waals surface area contributed by atoms with Gasteiger partial charge in [-0.2, -0.15) is 0 Å². The van der Waals surface area contributed by atoms with Crippen LogP contribution >= 0.6 is 0 Å². The largest absolute Gasteiger partial charge is 0.325 e. The molecule has 0 spiro atoms. The van der Waals surface area contributed by atoms with Crippen molar-refractivity contribution in [3.8, 4) is 0 Å². The van der Waals surface area contributed by atoms with E-state index in [2.05, 4.69) is 5.32 Å². The van der Waals surface area contributed by atoms with Gasteiger partial charge in [-0.05, 0) is 37.5 Å². The zero-order chi connectivity index (χ0) is 15.7. The molecule has 0 radical (unpaired) electrons. The minimum atomic E-state index is -3.78. The highest BCUT2D eigenvalue weighted by Crippen LogP contribution is 2.37. The molecule has 0 aromatic heterocycles. The minimum Gasteiger partial charge on any atom is -0.325 e. The van der Waals surface area contributed by atoms with Crippen molar-refractivity contribution in [2.24, 2.45) is 10.6 Å². The normalized spacial score (nSPS) is 18.2. The van der Waals surface area contributed by atoms with Crippen LogP contribution in [0.3, 0.4) is 0 Å². The first-order valence-electron chi connectivity index (χ1n) is 7.18. The Kier molecular flexibility index (Phi) is 4.39. The smallest absolute Gasteiger partial charge is 0.238 e. The van der Waals surface area contributed by atoms with Crippen molar-refractivity contribution >= 4 is 21.6 Å². The van der Waals surface area contributed by atoms with E-state index >= 15 is 0 Å². The number of carbonyl (C=O) groups excluding carboxylic acids is 1. The summed E-state index contributed by atoms with van der Waals surface area (Å²) in [6.07, 6.45) is 5.02. The van der Waals surface area contributed by atoms with Crippen molar-refractivity contribution in [1.82, 2.24) is 0 Å². The van der Waals surface area contributed by atoms with Crippen LogP contribution in [0, 0.1) is 12.3 Å². The van der Waals surface area contributed by atoms with Gasteiger partial charge in [-0.3, -0.25) is 4.79 Å². The molecular formula is C15H22N2O3S. The van der Waals surface area contributed by atoms with E-state index in [0.717, 1.165) is 25.7 Å². The van der Waals surface area contributed by atoms with E-state index in [1.54, 1.807) is 19.1 Å². The van der Waals surface area contributed by atoms with Crippen LogP contribution in [0.15, 0.2) is 23.1 Å². The van der Waals surface area contributed by atoms with Crippen LogP contribution in [-0.2, 0) is 14.8 Å².